The first kappa shape index (κ1) is 11.8. The molecule has 0 aliphatic heterocycles. The number of H-pyrrole nitrogens is 1. The van der Waals surface area contributed by atoms with Gasteiger partial charge in [0.25, 0.3) is 0 Å². The molecule has 2 N–H and O–H groups in total. The number of aromatic nitrogens is 3. The Kier molecular flexibility index (Phi) is 3.96. The molecule has 0 radical (unpaired) electrons. The van der Waals surface area contributed by atoms with Gasteiger partial charge in [0.15, 0.2) is 5.16 Å². The fraction of sp³-hybridized carbons (Fsp3) is 0.625. The van der Waals surface area contributed by atoms with Crippen LogP contribution < -0.4 is 5.69 Å². The Morgan fingerprint density at radius 3 is 2.80 bits per heavy atom. The summed E-state index contributed by atoms with van der Waals surface area (Å²) in [6.07, 6.45) is 0.491. The van der Waals surface area contributed by atoms with Gasteiger partial charge in [0.1, 0.15) is 5.25 Å². The first-order valence-corrected chi connectivity index (χ1v) is 5.52. The SMILES string of the molecule is CCC(Sc1n[nH]c(=O)n1CC)C(=O)O. The minimum absolute atomic E-state index is 0.305. The largest absolute Gasteiger partial charge is 0.480 e. The highest BCUT2D eigenvalue weighted by atomic mass is 32.2. The van der Waals surface area contributed by atoms with Crippen LogP contribution in [0.1, 0.15) is 20.3 Å². The van der Waals surface area contributed by atoms with Crippen molar-refractivity contribution in [3.8, 4) is 0 Å². The highest BCUT2D eigenvalue weighted by Crippen LogP contribution is 2.22. The topological polar surface area (TPSA) is 88.0 Å². The van der Waals surface area contributed by atoms with E-state index in [0.29, 0.717) is 18.1 Å². The Morgan fingerprint density at radius 1 is 1.67 bits per heavy atom. The van der Waals surface area contributed by atoms with Gasteiger partial charge in [-0.3, -0.25) is 9.36 Å². The van der Waals surface area contributed by atoms with Crippen molar-refractivity contribution in [2.24, 2.45) is 0 Å². The zero-order valence-electron chi connectivity index (χ0n) is 8.56. The molecule has 84 valence electrons. The summed E-state index contributed by atoms with van der Waals surface area (Å²) < 4.78 is 1.41. The number of carbonyl (C=O) groups is 1. The van der Waals surface area contributed by atoms with Gasteiger partial charge in [0.2, 0.25) is 0 Å². The number of nitrogens with one attached hydrogen (secondary N) is 1. The van der Waals surface area contributed by atoms with Gasteiger partial charge < -0.3 is 5.11 Å². The zero-order chi connectivity index (χ0) is 11.4. The molecule has 0 bridgehead atoms. The first-order valence-electron chi connectivity index (χ1n) is 4.64. The molecule has 6 nitrogen and oxygen atoms in total. The molecule has 0 aliphatic carbocycles. The predicted molar refractivity (Wildman–Crippen MR) is 56.1 cm³/mol. The molecule has 0 saturated heterocycles. The van der Waals surface area contributed by atoms with Crippen molar-refractivity contribution < 1.29 is 9.90 Å². The molecule has 0 aliphatic rings. The summed E-state index contributed by atoms with van der Waals surface area (Å²) in [6.45, 7) is 4.07. The summed E-state index contributed by atoms with van der Waals surface area (Å²) >= 11 is 1.09. The number of rotatable bonds is 5. The molecule has 1 heterocycles. The molecule has 0 aromatic carbocycles. The normalized spacial score (nSPS) is 12.7. The second kappa shape index (κ2) is 5.01. The van der Waals surface area contributed by atoms with Gasteiger partial charge in [0.05, 0.1) is 0 Å². The van der Waals surface area contributed by atoms with Gasteiger partial charge >= 0.3 is 11.7 Å². The van der Waals surface area contributed by atoms with Crippen LogP contribution in [0.25, 0.3) is 0 Å². The van der Waals surface area contributed by atoms with E-state index in [1.165, 1.54) is 4.57 Å². The average molecular weight is 231 g/mol. The number of aromatic amines is 1. The second-order valence-corrected chi connectivity index (χ2v) is 4.08. The number of hydrogen-bond acceptors (Lipinski definition) is 4. The number of thioether (sulfide) groups is 1. The van der Waals surface area contributed by atoms with E-state index in [0.717, 1.165) is 11.8 Å². The van der Waals surface area contributed by atoms with Crippen LogP contribution in [-0.4, -0.2) is 31.1 Å². The minimum atomic E-state index is -0.888. The summed E-state index contributed by atoms with van der Waals surface area (Å²) in [6, 6.07) is 0. The number of carboxylic acid groups (broad SMARTS) is 1. The predicted octanol–water partition coefficient (Wildman–Crippen LogP) is 0.547. The molecule has 0 spiro atoms. The zero-order valence-corrected chi connectivity index (χ0v) is 9.37. The van der Waals surface area contributed by atoms with E-state index in [1.54, 1.807) is 6.92 Å². The molecule has 0 saturated carbocycles. The number of aliphatic carboxylic acids is 1. The van der Waals surface area contributed by atoms with Crippen molar-refractivity contribution >= 4 is 17.7 Å². The van der Waals surface area contributed by atoms with E-state index < -0.39 is 11.2 Å². The second-order valence-electron chi connectivity index (χ2n) is 2.91. The maximum absolute atomic E-state index is 11.2. The maximum Gasteiger partial charge on any atom is 0.343 e. The fourth-order valence-electron chi connectivity index (χ4n) is 1.11. The lowest BCUT2D eigenvalue weighted by molar-refractivity contribution is -0.136. The van der Waals surface area contributed by atoms with Crippen LogP contribution in [0.15, 0.2) is 9.95 Å². The molecule has 1 rings (SSSR count). The van der Waals surface area contributed by atoms with Crippen molar-refractivity contribution in [1.29, 1.82) is 0 Å². The monoisotopic (exact) mass is 231 g/mol. The lowest BCUT2D eigenvalue weighted by atomic mass is 10.3. The van der Waals surface area contributed by atoms with Gasteiger partial charge in [-0.25, -0.2) is 9.89 Å². The van der Waals surface area contributed by atoms with E-state index in [1.807, 2.05) is 6.92 Å². The Balaban J connectivity index is 2.88. The van der Waals surface area contributed by atoms with Crippen LogP contribution in [0, 0.1) is 0 Å². The quantitative estimate of drug-likeness (QED) is 0.722. The number of hydrogen-bond donors (Lipinski definition) is 2. The van der Waals surface area contributed by atoms with Crippen molar-refractivity contribution in [2.45, 2.75) is 37.2 Å². The number of nitrogens with zero attached hydrogens (tertiary/aromatic N) is 2. The van der Waals surface area contributed by atoms with E-state index in [4.69, 9.17) is 5.11 Å². The average Bonchev–Trinajstić information content (AvgIpc) is 2.54. The fourth-order valence-corrected chi connectivity index (χ4v) is 2.07. The van der Waals surface area contributed by atoms with Crippen molar-refractivity contribution in [3.63, 3.8) is 0 Å². The van der Waals surface area contributed by atoms with Gasteiger partial charge in [-0.1, -0.05) is 18.7 Å². The van der Waals surface area contributed by atoms with E-state index >= 15 is 0 Å². The van der Waals surface area contributed by atoms with Crippen LogP contribution in [0.2, 0.25) is 0 Å². The highest BCUT2D eigenvalue weighted by Gasteiger charge is 2.20. The van der Waals surface area contributed by atoms with Crippen molar-refractivity contribution in [2.75, 3.05) is 0 Å². The Morgan fingerprint density at radius 2 is 2.33 bits per heavy atom. The third kappa shape index (κ3) is 2.62. The standard InChI is InChI=1S/C8H13N3O3S/c1-3-5(6(12)13)15-8-10-9-7(14)11(8)4-2/h5H,3-4H2,1-2H3,(H,9,14)(H,12,13). The lowest BCUT2D eigenvalue weighted by Crippen LogP contribution is -2.19. The van der Waals surface area contributed by atoms with Gasteiger partial charge in [0, 0.05) is 6.54 Å². The Labute approximate surface area is 90.7 Å². The maximum atomic E-state index is 11.2. The number of carboxylic acids is 1. The van der Waals surface area contributed by atoms with Gasteiger partial charge in [-0.05, 0) is 13.3 Å². The van der Waals surface area contributed by atoms with E-state index in [2.05, 4.69) is 10.2 Å². The summed E-state index contributed by atoms with van der Waals surface area (Å²) in [5, 5.41) is 14.8. The molecule has 15 heavy (non-hydrogen) atoms. The van der Waals surface area contributed by atoms with Crippen LogP contribution in [0.5, 0.6) is 0 Å². The van der Waals surface area contributed by atoms with Crippen molar-refractivity contribution in [1.82, 2.24) is 14.8 Å². The van der Waals surface area contributed by atoms with Crippen LogP contribution >= 0.6 is 11.8 Å². The summed E-state index contributed by atoms with van der Waals surface area (Å²) in [5.74, 6) is -0.888. The van der Waals surface area contributed by atoms with Crippen LogP contribution in [0.4, 0.5) is 0 Å². The first-order chi connectivity index (χ1) is 7.10. The molecule has 7 heteroatoms. The minimum Gasteiger partial charge on any atom is -0.480 e. The lowest BCUT2D eigenvalue weighted by Gasteiger charge is -2.08. The Bertz CT molecular complexity index is 398. The Hall–Kier alpha value is -1.24. The van der Waals surface area contributed by atoms with Gasteiger partial charge in [-0.15, -0.1) is 5.10 Å². The van der Waals surface area contributed by atoms with Crippen molar-refractivity contribution in [3.05, 3.63) is 10.5 Å². The summed E-state index contributed by atoms with van der Waals surface area (Å²) in [5.41, 5.74) is -0.305. The van der Waals surface area contributed by atoms with E-state index in [9.17, 15) is 9.59 Å². The molecule has 1 atom stereocenters. The summed E-state index contributed by atoms with van der Waals surface area (Å²) in [4.78, 5) is 22.0. The third-order valence-corrected chi connectivity index (χ3v) is 3.28. The van der Waals surface area contributed by atoms with Crippen LogP contribution in [0.3, 0.4) is 0 Å². The summed E-state index contributed by atoms with van der Waals surface area (Å²) in [7, 11) is 0. The molecule has 1 aromatic heterocycles. The molecule has 0 amide bonds. The molecular weight excluding hydrogens is 218 g/mol. The molecule has 1 unspecified atom stereocenters. The highest BCUT2D eigenvalue weighted by molar-refractivity contribution is 8.00. The molecule has 0 fully saturated rings. The smallest absolute Gasteiger partial charge is 0.343 e. The van der Waals surface area contributed by atoms with Crippen LogP contribution in [-0.2, 0) is 11.3 Å². The third-order valence-electron chi connectivity index (χ3n) is 1.93. The van der Waals surface area contributed by atoms with Gasteiger partial charge in [-0.2, -0.15) is 0 Å². The molecular formula is C8H13N3O3S. The van der Waals surface area contributed by atoms with E-state index in [-0.39, 0.29) is 5.69 Å². The molecule has 1 aromatic rings.